The highest BCUT2D eigenvalue weighted by atomic mass is 35.5. The van der Waals surface area contributed by atoms with E-state index < -0.39 is 19.4 Å². The van der Waals surface area contributed by atoms with E-state index in [1.165, 1.54) is 4.90 Å². The number of likely N-dealkylation sites (tertiary alicyclic amines) is 1. The Morgan fingerprint density at radius 3 is 2.00 bits per heavy atom. The second-order valence-corrected chi connectivity index (χ2v) is 8.33. The van der Waals surface area contributed by atoms with Crippen molar-refractivity contribution in [2.24, 2.45) is 5.73 Å². The van der Waals surface area contributed by atoms with Crippen molar-refractivity contribution in [3.63, 3.8) is 0 Å². The zero-order chi connectivity index (χ0) is 18.6. The third-order valence-corrected chi connectivity index (χ3v) is 6.41. The normalized spacial score (nSPS) is 17.7. The zero-order valence-corrected chi connectivity index (χ0v) is 16.8. The molecule has 1 saturated heterocycles. The summed E-state index contributed by atoms with van der Waals surface area (Å²) in [5.74, 6) is -0.0406. The summed E-state index contributed by atoms with van der Waals surface area (Å²) in [5.41, 5.74) is 5.76. The van der Waals surface area contributed by atoms with Crippen LogP contribution >= 0.6 is 20.0 Å². The number of amides is 1. The number of halogens is 1. The van der Waals surface area contributed by atoms with Crippen LogP contribution in [0.5, 0.6) is 11.5 Å². The molecule has 2 atom stereocenters. The van der Waals surface area contributed by atoms with E-state index in [0.717, 1.165) is 6.42 Å². The molecule has 2 aromatic rings. The summed E-state index contributed by atoms with van der Waals surface area (Å²) in [4.78, 5) is 14.0. The highest BCUT2D eigenvalue weighted by molar-refractivity contribution is 7.55. The van der Waals surface area contributed by atoms with E-state index in [9.17, 15) is 9.36 Å². The van der Waals surface area contributed by atoms with Gasteiger partial charge in [0.1, 0.15) is 11.5 Å². The number of rotatable bonds is 6. The fourth-order valence-electron chi connectivity index (χ4n) is 2.99. The standard InChI is InChI=1S/C19H23N2O4P.ClH/c1-15(20)19(22)21-14-8-13-18(21)26(23,24-16-9-4-2-5-10-16)25-17-11-6-3-7-12-17;/h2-7,9-12,15,18H,8,13-14,20H2,1H3;1H. The Labute approximate surface area is 165 Å². The van der Waals surface area contributed by atoms with E-state index in [1.807, 2.05) is 12.1 Å². The Morgan fingerprint density at radius 2 is 1.56 bits per heavy atom. The van der Waals surface area contributed by atoms with Gasteiger partial charge in [-0.15, -0.1) is 12.4 Å². The van der Waals surface area contributed by atoms with Gasteiger partial charge in [0.25, 0.3) is 0 Å². The van der Waals surface area contributed by atoms with Gasteiger partial charge >= 0.3 is 7.60 Å². The first kappa shape index (κ1) is 21.3. The Hall–Kier alpha value is -2.01. The molecule has 1 fully saturated rings. The van der Waals surface area contributed by atoms with Crippen LogP contribution in [0.15, 0.2) is 60.7 Å². The van der Waals surface area contributed by atoms with E-state index in [1.54, 1.807) is 55.5 Å². The molecule has 2 aromatic carbocycles. The molecule has 0 aromatic heterocycles. The van der Waals surface area contributed by atoms with Crippen LogP contribution in [-0.4, -0.2) is 29.2 Å². The number of para-hydroxylation sites is 2. The van der Waals surface area contributed by atoms with Crippen LogP contribution in [0.2, 0.25) is 0 Å². The second-order valence-electron chi connectivity index (χ2n) is 6.29. The van der Waals surface area contributed by atoms with Crippen LogP contribution in [0.1, 0.15) is 19.8 Å². The highest BCUT2D eigenvalue weighted by Gasteiger charge is 2.48. The van der Waals surface area contributed by atoms with Crippen LogP contribution in [-0.2, 0) is 9.36 Å². The van der Waals surface area contributed by atoms with Gasteiger partial charge in [-0.05, 0) is 44.0 Å². The molecule has 2 unspecified atom stereocenters. The topological polar surface area (TPSA) is 81.9 Å². The Balaban J connectivity index is 0.00000261. The first-order valence-corrected chi connectivity index (χ1v) is 10.3. The van der Waals surface area contributed by atoms with Gasteiger partial charge in [-0.2, -0.15) is 0 Å². The maximum Gasteiger partial charge on any atom is 0.453 e. The summed E-state index contributed by atoms with van der Waals surface area (Å²) in [7, 11) is -3.71. The van der Waals surface area contributed by atoms with E-state index in [0.29, 0.717) is 24.5 Å². The molecule has 1 amide bonds. The molecule has 1 aliphatic heterocycles. The monoisotopic (exact) mass is 410 g/mol. The molecule has 0 aliphatic carbocycles. The lowest BCUT2D eigenvalue weighted by Gasteiger charge is -2.31. The molecule has 8 heteroatoms. The summed E-state index contributed by atoms with van der Waals surface area (Å²) in [5, 5.41) is 0. The lowest BCUT2D eigenvalue weighted by molar-refractivity contribution is -0.132. The molecule has 1 heterocycles. The molecular weight excluding hydrogens is 387 g/mol. The molecule has 0 saturated carbocycles. The third-order valence-electron chi connectivity index (χ3n) is 4.21. The van der Waals surface area contributed by atoms with Crippen molar-refractivity contribution in [1.82, 2.24) is 4.90 Å². The molecule has 146 valence electrons. The lowest BCUT2D eigenvalue weighted by atomic mass is 10.3. The maximum absolute atomic E-state index is 13.8. The fraction of sp³-hybridized carbons (Fsp3) is 0.316. The Bertz CT molecular complexity index is 743. The van der Waals surface area contributed by atoms with Gasteiger partial charge in [0.05, 0.1) is 6.04 Å². The van der Waals surface area contributed by atoms with Crippen molar-refractivity contribution in [2.75, 3.05) is 6.54 Å². The van der Waals surface area contributed by atoms with E-state index in [4.69, 9.17) is 14.8 Å². The number of hydrogen-bond donors (Lipinski definition) is 1. The predicted octanol–water partition coefficient (Wildman–Crippen LogP) is 4.06. The molecule has 2 N–H and O–H groups in total. The van der Waals surface area contributed by atoms with Crippen LogP contribution in [0.4, 0.5) is 0 Å². The molecule has 0 bridgehead atoms. The number of hydrogen-bond acceptors (Lipinski definition) is 5. The van der Waals surface area contributed by atoms with Crippen molar-refractivity contribution in [3.05, 3.63) is 60.7 Å². The summed E-state index contributed by atoms with van der Waals surface area (Å²) in [6.07, 6.45) is 1.26. The first-order chi connectivity index (χ1) is 12.5. The minimum Gasteiger partial charge on any atom is -0.415 e. The largest absolute Gasteiger partial charge is 0.453 e. The summed E-state index contributed by atoms with van der Waals surface area (Å²) < 4.78 is 25.5. The minimum absolute atomic E-state index is 0. The maximum atomic E-state index is 13.8. The summed E-state index contributed by atoms with van der Waals surface area (Å²) >= 11 is 0. The van der Waals surface area contributed by atoms with E-state index >= 15 is 0 Å². The lowest BCUT2D eigenvalue weighted by Crippen LogP contribution is -2.45. The first-order valence-electron chi connectivity index (χ1n) is 8.65. The number of nitrogens with zero attached hydrogens (tertiary/aromatic N) is 1. The van der Waals surface area contributed by atoms with Crippen LogP contribution in [0.3, 0.4) is 0 Å². The molecule has 0 spiro atoms. The molecule has 0 radical (unpaired) electrons. The Kier molecular flexibility index (Phi) is 7.31. The van der Waals surface area contributed by atoms with Crippen molar-refractivity contribution >= 4 is 25.9 Å². The smallest absolute Gasteiger partial charge is 0.415 e. The molecule has 1 aliphatic rings. The van der Waals surface area contributed by atoms with Gasteiger partial charge in [-0.25, -0.2) is 4.57 Å². The average molecular weight is 411 g/mol. The van der Waals surface area contributed by atoms with Gasteiger partial charge < -0.3 is 19.7 Å². The fourth-order valence-corrected chi connectivity index (χ4v) is 5.17. The SMILES string of the molecule is CC(N)C(=O)N1CCCC1P(=O)(Oc1ccccc1)Oc1ccccc1.Cl. The van der Waals surface area contributed by atoms with Gasteiger partial charge in [0.2, 0.25) is 5.91 Å². The quantitative estimate of drug-likeness (QED) is 0.726. The van der Waals surface area contributed by atoms with E-state index in [2.05, 4.69) is 0 Å². The van der Waals surface area contributed by atoms with Crippen LogP contribution in [0.25, 0.3) is 0 Å². The number of carbonyl (C=O) groups excluding carboxylic acids is 1. The van der Waals surface area contributed by atoms with Crippen molar-refractivity contribution in [3.8, 4) is 11.5 Å². The summed E-state index contributed by atoms with van der Waals surface area (Å²) in [6.45, 7) is 2.12. The Morgan fingerprint density at radius 1 is 1.07 bits per heavy atom. The average Bonchev–Trinajstić information content (AvgIpc) is 3.13. The van der Waals surface area contributed by atoms with Crippen molar-refractivity contribution in [2.45, 2.75) is 31.6 Å². The van der Waals surface area contributed by atoms with E-state index in [-0.39, 0.29) is 18.3 Å². The number of benzene rings is 2. The summed E-state index contributed by atoms with van der Waals surface area (Å²) in [6, 6.07) is 17.1. The van der Waals surface area contributed by atoms with Crippen LogP contribution in [0, 0.1) is 0 Å². The zero-order valence-electron chi connectivity index (χ0n) is 15.1. The third kappa shape index (κ3) is 5.04. The van der Waals surface area contributed by atoms with Gasteiger partial charge in [0, 0.05) is 6.54 Å². The molecule has 27 heavy (non-hydrogen) atoms. The molecular formula is C19H24ClN2O4P. The predicted molar refractivity (Wildman–Crippen MR) is 107 cm³/mol. The molecule has 6 nitrogen and oxygen atoms in total. The van der Waals surface area contributed by atoms with Gasteiger partial charge in [0.15, 0.2) is 5.78 Å². The van der Waals surface area contributed by atoms with Crippen molar-refractivity contribution in [1.29, 1.82) is 0 Å². The number of nitrogens with two attached hydrogens (primary N) is 1. The minimum atomic E-state index is -3.71. The van der Waals surface area contributed by atoms with Crippen molar-refractivity contribution < 1.29 is 18.4 Å². The highest BCUT2D eigenvalue weighted by Crippen LogP contribution is 2.56. The second kappa shape index (κ2) is 9.27. The molecule has 3 rings (SSSR count). The van der Waals surface area contributed by atoms with Gasteiger partial charge in [-0.3, -0.25) is 4.79 Å². The van der Waals surface area contributed by atoms with Gasteiger partial charge in [-0.1, -0.05) is 36.4 Å². The number of carbonyl (C=O) groups is 1. The van der Waals surface area contributed by atoms with Crippen LogP contribution < -0.4 is 14.8 Å².